The molecule has 6 nitrogen and oxygen atoms in total. The van der Waals surface area contributed by atoms with Gasteiger partial charge in [0.1, 0.15) is 11.9 Å². The van der Waals surface area contributed by atoms with E-state index < -0.39 is 11.0 Å². The highest BCUT2D eigenvalue weighted by Crippen LogP contribution is 2.22. The van der Waals surface area contributed by atoms with Crippen molar-refractivity contribution in [2.45, 2.75) is 6.10 Å². The number of nitrogens with one attached hydrogen (secondary N) is 1. The zero-order valence-corrected chi connectivity index (χ0v) is 10.1. The van der Waals surface area contributed by atoms with Gasteiger partial charge < -0.3 is 20.5 Å². The molecule has 2 heterocycles. The van der Waals surface area contributed by atoms with Crippen LogP contribution in [-0.2, 0) is 0 Å². The Hall–Kier alpha value is -1.99. The van der Waals surface area contributed by atoms with Crippen molar-refractivity contribution in [2.75, 3.05) is 11.9 Å². The van der Waals surface area contributed by atoms with E-state index >= 15 is 0 Å². The number of nitrogens with zero attached hydrogens (tertiary/aromatic N) is 2. The van der Waals surface area contributed by atoms with Gasteiger partial charge in [-0.05, 0) is 44.4 Å². The van der Waals surface area contributed by atoms with Gasteiger partial charge in [-0.3, -0.25) is 0 Å². The fourth-order valence-electron chi connectivity index (χ4n) is 1.47. The molecular formula is C11H11N3O3S. The predicted molar refractivity (Wildman–Crippen MR) is 68.7 cm³/mol. The molecule has 1 unspecified atom stereocenters. The monoisotopic (exact) mass is 265 g/mol. The van der Waals surface area contributed by atoms with Gasteiger partial charge >= 0.3 is 5.82 Å². The summed E-state index contributed by atoms with van der Waals surface area (Å²) >= 11 is 1.49. The fourth-order valence-corrected chi connectivity index (χ4v) is 2.18. The van der Waals surface area contributed by atoms with Crippen LogP contribution < -0.4 is 5.32 Å². The van der Waals surface area contributed by atoms with Gasteiger partial charge in [-0.1, -0.05) is 0 Å². The molecule has 94 valence electrons. The van der Waals surface area contributed by atoms with Gasteiger partial charge in [-0.25, -0.2) is 0 Å². The Morgan fingerprint density at radius 3 is 3.06 bits per heavy atom. The molecule has 7 heteroatoms. The Morgan fingerprint density at radius 1 is 1.56 bits per heavy atom. The second-order valence-corrected chi connectivity index (χ2v) is 4.37. The smallest absolute Gasteiger partial charge is 0.386 e. The molecule has 0 aliphatic carbocycles. The van der Waals surface area contributed by atoms with Crippen LogP contribution in [0.25, 0.3) is 0 Å². The lowest BCUT2D eigenvalue weighted by Gasteiger charge is -2.11. The summed E-state index contributed by atoms with van der Waals surface area (Å²) in [6.45, 7) is 0.198. The van der Waals surface area contributed by atoms with Gasteiger partial charge in [0.15, 0.2) is 0 Å². The highest BCUT2D eigenvalue weighted by atomic mass is 32.1. The van der Waals surface area contributed by atoms with E-state index in [1.165, 1.54) is 17.5 Å². The number of nitro groups is 1. The lowest BCUT2D eigenvalue weighted by Crippen LogP contribution is -2.12. The van der Waals surface area contributed by atoms with Crippen LogP contribution in [0.4, 0.5) is 11.5 Å². The first-order valence-electron chi connectivity index (χ1n) is 5.22. The second kappa shape index (κ2) is 5.56. The fraction of sp³-hybridized carbons (Fsp3) is 0.182. The molecule has 0 radical (unpaired) electrons. The quantitative estimate of drug-likeness (QED) is 0.639. The molecule has 0 aliphatic rings. The summed E-state index contributed by atoms with van der Waals surface area (Å²) in [6.07, 6.45) is 0.662. The Bertz CT molecular complexity index is 530. The Balaban J connectivity index is 2.04. The number of hydrogen-bond acceptors (Lipinski definition) is 6. The molecule has 0 aromatic carbocycles. The van der Waals surface area contributed by atoms with E-state index in [0.717, 1.165) is 5.56 Å². The number of aromatic nitrogens is 1. The molecule has 1 atom stereocenters. The minimum absolute atomic E-state index is 0.198. The molecule has 2 aromatic heterocycles. The first-order chi connectivity index (χ1) is 8.68. The highest BCUT2D eigenvalue weighted by molar-refractivity contribution is 7.07. The minimum Gasteiger partial charge on any atom is -0.387 e. The summed E-state index contributed by atoms with van der Waals surface area (Å²) in [6, 6.07) is 4.98. The predicted octanol–water partition coefficient (Wildman–Crippen LogP) is 2.20. The van der Waals surface area contributed by atoms with Gasteiger partial charge in [0.2, 0.25) is 0 Å². The van der Waals surface area contributed by atoms with Crippen LogP contribution in [0.1, 0.15) is 11.7 Å². The molecule has 2 rings (SSSR count). The van der Waals surface area contributed by atoms with Crippen LogP contribution in [0.2, 0.25) is 0 Å². The van der Waals surface area contributed by atoms with Crippen LogP contribution in [0.5, 0.6) is 0 Å². The van der Waals surface area contributed by atoms with Crippen molar-refractivity contribution in [1.29, 1.82) is 0 Å². The standard InChI is InChI=1S/C11H11N3O3S/c15-10(8-3-5-18-7-8)6-13-9-2-1-4-12-11(9)14(16)17/h1-5,7,10,13,15H,6H2. The van der Waals surface area contributed by atoms with Gasteiger partial charge in [-0.15, -0.1) is 0 Å². The molecule has 0 saturated carbocycles. The van der Waals surface area contributed by atoms with E-state index in [0.29, 0.717) is 5.69 Å². The van der Waals surface area contributed by atoms with Crippen molar-refractivity contribution < 1.29 is 10.0 Å². The second-order valence-electron chi connectivity index (χ2n) is 3.59. The molecule has 0 bridgehead atoms. The highest BCUT2D eigenvalue weighted by Gasteiger charge is 2.15. The summed E-state index contributed by atoms with van der Waals surface area (Å²) in [4.78, 5) is 13.9. The first kappa shape index (κ1) is 12.5. The van der Waals surface area contributed by atoms with Crippen molar-refractivity contribution >= 4 is 22.8 Å². The topological polar surface area (TPSA) is 88.3 Å². The Kier molecular flexibility index (Phi) is 3.85. The number of aliphatic hydroxyl groups is 1. The SMILES string of the molecule is O=[N+]([O-])c1ncccc1NCC(O)c1ccsc1. The maximum Gasteiger partial charge on any atom is 0.386 e. The average Bonchev–Trinajstić information content (AvgIpc) is 2.90. The molecule has 0 fully saturated rings. The number of thiophene rings is 1. The van der Waals surface area contributed by atoms with Crippen molar-refractivity contribution in [3.8, 4) is 0 Å². The number of pyridine rings is 1. The Morgan fingerprint density at radius 2 is 2.39 bits per heavy atom. The van der Waals surface area contributed by atoms with E-state index in [2.05, 4.69) is 10.3 Å². The van der Waals surface area contributed by atoms with E-state index in [-0.39, 0.29) is 12.4 Å². The van der Waals surface area contributed by atoms with Gasteiger partial charge in [0.25, 0.3) is 0 Å². The molecule has 2 aromatic rings. The van der Waals surface area contributed by atoms with Crippen molar-refractivity contribution in [1.82, 2.24) is 4.98 Å². The van der Waals surface area contributed by atoms with Gasteiger partial charge in [0, 0.05) is 6.54 Å². The molecule has 0 saturated heterocycles. The van der Waals surface area contributed by atoms with Crippen LogP contribution >= 0.6 is 11.3 Å². The molecular weight excluding hydrogens is 254 g/mol. The maximum absolute atomic E-state index is 10.7. The van der Waals surface area contributed by atoms with Gasteiger partial charge in [-0.2, -0.15) is 11.3 Å². The molecule has 0 aliphatic heterocycles. The summed E-state index contributed by atoms with van der Waals surface area (Å²) in [5.74, 6) is -0.241. The average molecular weight is 265 g/mol. The van der Waals surface area contributed by atoms with Crippen LogP contribution in [0.15, 0.2) is 35.2 Å². The molecule has 0 spiro atoms. The van der Waals surface area contributed by atoms with Crippen molar-refractivity contribution in [2.24, 2.45) is 0 Å². The van der Waals surface area contributed by atoms with Crippen molar-refractivity contribution in [3.05, 3.63) is 50.8 Å². The lowest BCUT2D eigenvalue weighted by atomic mass is 10.2. The number of anilines is 1. The summed E-state index contributed by atoms with van der Waals surface area (Å²) in [5, 5.41) is 27.1. The summed E-state index contributed by atoms with van der Waals surface area (Å²) < 4.78 is 0. The van der Waals surface area contributed by atoms with Crippen LogP contribution in [0, 0.1) is 10.1 Å². The van der Waals surface area contributed by atoms with Crippen LogP contribution in [0.3, 0.4) is 0 Å². The molecule has 0 amide bonds. The van der Waals surface area contributed by atoms with E-state index in [4.69, 9.17) is 0 Å². The Labute approximate surface area is 107 Å². The van der Waals surface area contributed by atoms with E-state index in [9.17, 15) is 15.2 Å². The third kappa shape index (κ3) is 2.82. The third-order valence-electron chi connectivity index (χ3n) is 2.37. The van der Waals surface area contributed by atoms with E-state index in [1.54, 1.807) is 12.1 Å². The maximum atomic E-state index is 10.7. The zero-order valence-electron chi connectivity index (χ0n) is 9.31. The molecule has 2 N–H and O–H groups in total. The van der Waals surface area contributed by atoms with Crippen LogP contribution in [-0.4, -0.2) is 21.6 Å². The largest absolute Gasteiger partial charge is 0.387 e. The summed E-state index contributed by atoms with van der Waals surface area (Å²) in [7, 11) is 0. The number of hydrogen-bond donors (Lipinski definition) is 2. The number of rotatable bonds is 5. The summed E-state index contributed by atoms with van der Waals surface area (Å²) in [5.41, 5.74) is 1.09. The molecule has 18 heavy (non-hydrogen) atoms. The van der Waals surface area contributed by atoms with E-state index in [1.807, 2.05) is 16.8 Å². The van der Waals surface area contributed by atoms with Gasteiger partial charge in [0.05, 0.1) is 6.10 Å². The number of aliphatic hydroxyl groups excluding tert-OH is 1. The van der Waals surface area contributed by atoms with Crippen molar-refractivity contribution in [3.63, 3.8) is 0 Å². The zero-order chi connectivity index (χ0) is 13.0. The minimum atomic E-state index is -0.698. The normalized spacial score (nSPS) is 12.1. The lowest BCUT2D eigenvalue weighted by molar-refractivity contribution is -0.388. The first-order valence-corrected chi connectivity index (χ1v) is 6.16. The third-order valence-corrected chi connectivity index (χ3v) is 3.07.